The van der Waals surface area contributed by atoms with Crippen LogP contribution in [0.5, 0.6) is 0 Å². The van der Waals surface area contributed by atoms with Crippen molar-refractivity contribution < 1.29 is 4.79 Å². The van der Waals surface area contributed by atoms with Crippen LogP contribution < -0.4 is 21.5 Å². The van der Waals surface area contributed by atoms with E-state index >= 15 is 0 Å². The summed E-state index contributed by atoms with van der Waals surface area (Å²) in [5, 5.41) is 2.92. The number of anilines is 2. The molecule has 1 unspecified atom stereocenters. The zero-order valence-corrected chi connectivity index (χ0v) is 10.6. The van der Waals surface area contributed by atoms with Crippen molar-refractivity contribution in [3.8, 4) is 0 Å². The van der Waals surface area contributed by atoms with Crippen LogP contribution in [0, 0.1) is 6.92 Å². The number of aryl methyl sites for hydroxylation is 1. The molecule has 0 spiro atoms. The number of carbonyl (C=O) groups excluding carboxylic acids is 1. The second-order valence-corrected chi connectivity index (χ2v) is 4.44. The molecular formula is C11H18N6O. The lowest BCUT2D eigenvalue weighted by Crippen LogP contribution is -2.35. The van der Waals surface area contributed by atoms with Gasteiger partial charge >= 0.3 is 0 Å². The average Bonchev–Trinajstić information content (AvgIpc) is 2.75. The largest absolute Gasteiger partial charge is 0.354 e. The standard InChI is InChI=1S/C11H18N6O/c1-7-13-10(16-12)5-11(14-7)17-4-3-9(6-17)15-8(2)18/h5,9H,3-4,6,12H2,1-2H3,(H,15,18)(H,13,14,16). The summed E-state index contributed by atoms with van der Waals surface area (Å²) in [6, 6.07) is 2.00. The molecule has 1 atom stereocenters. The molecular weight excluding hydrogens is 232 g/mol. The van der Waals surface area contributed by atoms with Crippen LogP contribution in [0.2, 0.25) is 0 Å². The number of hydrazine groups is 1. The molecule has 18 heavy (non-hydrogen) atoms. The lowest BCUT2D eigenvalue weighted by molar-refractivity contribution is -0.119. The number of nitrogens with two attached hydrogens (primary N) is 1. The first-order valence-electron chi connectivity index (χ1n) is 5.93. The van der Waals surface area contributed by atoms with E-state index in [-0.39, 0.29) is 11.9 Å². The van der Waals surface area contributed by atoms with E-state index in [0.717, 1.165) is 25.3 Å². The number of rotatable bonds is 3. The molecule has 0 aromatic carbocycles. The Bertz CT molecular complexity index is 449. The van der Waals surface area contributed by atoms with E-state index in [1.165, 1.54) is 6.92 Å². The molecule has 1 aliphatic rings. The Hall–Kier alpha value is -1.89. The lowest BCUT2D eigenvalue weighted by atomic mass is 10.3. The van der Waals surface area contributed by atoms with Crippen LogP contribution in [0.4, 0.5) is 11.6 Å². The summed E-state index contributed by atoms with van der Waals surface area (Å²) in [6.07, 6.45) is 0.925. The summed E-state index contributed by atoms with van der Waals surface area (Å²) in [4.78, 5) is 21.7. The number of carbonyl (C=O) groups is 1. The molecule has 1 fully saturated rings. The minimum absolute atomic E-state index is 0.00466. The molecule has 2 rings (SSSR count). The second-order valence-electron chi connectivity index (χ2n) is 4.44. The predicted molar refractivity (Wildman–Crippen MR) is 69.0 cm³/mol. The molecule has 1 aromatic rings. The molecule has 1 aromatic heterocycles. The summed E-state index contributed by atoms with van der Waals surface area (Å²) in [5.74, 6) is 7.47. The van der Waals surface area contributed by atoms with Crippen molar-refractivity contribution in [3.63, 3.8) is 0 Å². The van der Waals surface area contributed by atoms with Crippen LogP contribution in [-0.2, 0) is 4.79 Å². The summed E-state index contributed by atoms with van der Waals surface area (Å²) >= 11 is 0. The summed E-state index contributed by atoms with van der Waals surface area (Å²) in [5.41, 5.74) is 2.53. The van der Waals surface area contributed by atoms with Crippen molar-refractivity contribution in [1.82, 2.24) is 15.3 Å². The third-order valence-electron chi connectivity index (χ3n) is 2.89. The van der Waals surface area contributed by atoms with E-state index in [2.05, 4.69) is 25.6 Å². The van der Waals surface area contributed by atoms with Gasteiger partial charge in [-0.15, -0.1) is 0 Å². The van der Waals surface area contributed by atoms with Crippen LogP contribution >= 0.6 is 0 Å². The fourth-order valence-electron chi connectivity index (χ4n) is 2.16. The highest BCUT2D eigenvalue weighted by molar-refractivity contribution is 5.73. The Kier molecular flexibility index (Phi) is 3.61. The van der Waals surface area contributed by atoms with Crippen molar-refractivity contribution >= 4 is 17.5 Å². The van der Waals surface area contributed by atoms with Gasteiger partial charge in [-0.1, -0.05) is 0 Å². The fourth-order valence-corrected chi connectivity index (χ4v) is 2.16. The van der Waals surface area contributed by atoms with Crippen molar-refractivity contribution in [2.45, 2.75) is 26.3 Å². The van der Waals surface area contributed by atoms with E-state index in [1.54, 1.807) is 0 Å². The number of amides is 1. The lowest BCUT2D eigenvalue weighted by Gasteiger charge is -2.18. The van der Waals surface area contributed by atoms with Gasteiger partial charge in [-0.3, -0.25) is 4.79 Å². The van der Waals surface area contributed by atoms with Gasteiger partial charge in [0.15, 0.2) is 0 Å². The first-order chi connectivity index (χ1) is 8.58. The fraction of sp³-hybridized carbons (Fsp3) is 0.545. The molecule has 0 bridgehead atoms. The topological polar surface area (TPSA) is 96.2 Å². The molecule has 1 saturated heterocycles. The van der Waals surface area contributed by atoms with Crippen molar-refractivity contribution in [3.05, 3.63) is 11.9 Å². The van der Waals surface area contributed by atoms with Gasteiger partial charge in [0.2, 0.25) is 5.91 Å². The van der Waals surface area contributed by atoms with E-state index < -0.39 is 0 Å². The molecule has 0 saturated carbocycles. The van der Waals surface area contributed by atoms with Crippen molar-refractivity contribution in [2.24, 2.45) is 5.84 Å². The smallest absolute Gasteiger partial charge is 0.217 e. The number of hydrogen-bond donors (Lipinski definition) is 3. The Morgan fingerprint density at radius 3 is 3.00 bits per heavy atom. The number of hydrogen-bond acceptors (Lipinski definition) is 6. The van der Waals surface area contributed by atoms with Gasteiger partial charge < -0.3 is 15.6 Å². The quantitative estimate of drug-likeness (QED) is 0.507. The minimum Gasteiger partial charge on any atom is -0.354 e. The maximum absolute atomic E-state index is 11.0. The first-order valence-corrected chi connectivity index (χ1v) is 5.93. The highest BCUT2D eigenvalue weighted by Crippen LogP contribution is 2.20. The van der Waals surface area contributed by atoms with Crippen LogP contribution in [0.1, 0.15) is 19.2 Å². The molecule has 0 radical (unpaired) electrons. The molecule has 0 aliphatic carbocycles. The zero-order chi connectivity index (χ0) is 13.1. The maximum Gasteiger partial charge on any atom is 0.217 e. The van der Waals surface area contributed by atoms with Gasteiger partial charge in [-0.05, 0) is 13.3 Å². The number of nitrogens with zero attached hydrogens (tertiary/aromatic N) is 3. The summed E-state index contributed by atoms with van der Waals surface area (Å²) < 4.78 is 0. The Balaban J connectivity index is 2.09. The summed E-state index contributed by atoms with van der Waals surface area (Å²) in [6.45, 7) is 4.99. The van der Waals surface area contributed by atoms with Crippen molar-refractivity contribution in [2.75, 3.05) is 23.4 Å². The number of aromatic nitrogens is 2. The van der Waals surface area contributed by atoms with Gasteiger partial charge in [0.1, 0.15) is 17.5 Å². The average molecular weight is 250 g/mol. The Labute approximate surface area is 106 Å². The Morgan fingerprint density at radius 2 is 2.33 bits per heavy atom. The maximum atomic E-state index is 11.0. The SMILES string of the molecule is CC(=O)NC1CCN(c2cc(NN)nc(C)n2)C1. The third kappa shape index (κ3) is 2.86. The van der Waals surface area contributed by atoms with Crippen LogP contribution in [0.15, 0.2) is 6.07 Å². The number of nitrogens with one attached hydrogen (secondary N) is 2. The van der Waals surface area contributed by atoms with Gasteiger partial charge in [0, 0.05) is 32.1 Å². The molecule has 7 nitrogen and oxygen atoms in total. The van der Waals surface area contributed by atoms with E-state index in [0.29, 0.717) is 11.6 Å². The normalized spacial score (nSPS) is 18.8. The van der Waals surface area contributed by atoms with Gasteiger partial charge in [0.25, 0.3) is 0 Å². The molecule has 1 aliphatic heterocycles. The highest BCUT2D eigenvalue weighted by Gasteiger charge is 2.24. The van der Waals surface area contributed by atoms with Crippen LogP contribution in [0.3, 0.4) is 0 Å². The van der Waals surface area contributed by atoms with Gasteiger partial charge in [-0.25, -0.2) is 15.8 Å². The van der Waals surface area contributed by atoms with E-state index in [9.17, 15) is 4.79 Å². The first kappa shape index (κ1) is 12.6. The van der Waals surface area contributed by atoms with Crippen LogP contribution in [0.25, 0.3) is 0 Å². The molecule has 98 valence electrons. The van der Waals surface area contributed by atoms with Gasteiger partial charge in [0.05, 0.1) is 0 Å². The summed E-state index contributed by atoms with van der Waals surface area (Å²) in [7, 11) is 0. The Morgan fingerprint density at radius 1 is 1.56 bits per heavy atom. The zero-order valence-electron chi connectivity index (χ0n) is 10.6. The third-order valence-corrected chi connectivity index (χ3v) is 2.89. The number of nitrogen functional groups attached to an aromatic ring is 1. The predicted octanol–water partition coefficient (Wildman–Crippen LogP) is -0.215. The van der Waals surface area contributed by atoms with E-state index in [4.69, 9.17) is 5.84 Å². The molecule has 1 amide bonds. The molecule has 4 N–H and O–H groups in total. The molecule has 2 heterocycles. The van der Waals surface area contributed by atoms with Gasteiger partial charge in [-0.2, -0.15) is 0 Å². The minimum atomic E-state index is 0.00466. The van der Waals surface area contributed by atoms with Crippen LogP contribution in [-0.4, -0.2) is 35.0 Å². The second kappa shape index (κ2) is 5.18. The van der Waals surface area contributed by atoms with E-state index in [1.807, 2.05) is 13.0 Å². The monoisotopic (exact) mass is 250 g/mol. The highest BCUT2D eigenvalue weighted by atomic mass is 16.1. The molecule has 7 heteroatoms. The van der Waals surface area contributed by atoms with Crippen molar-refractivity contribution in [1.29, 1.82) is 0 Å².